The van der Waals surface area contributed by atoms with Crippen molar-refractivity contribution in [3.8, 4) is 0 Å². The molecule has 0 radical (unpaired) electrons. The molecule has 1 aliphatic carbocycles. The van der Waals surface area contributed by atoms with Crippen LogP contribution in [0.2, 0.25) is 0 Å². The quantitative estimate of drug-likeness (QED) is 0.792. The van der Waals surface area contributed by atoms with Crippen LogP contribution < -0.4 is 10.7 Å². The number of carbonyl (C=O) groups is 2. The van der Waals surface area contributed by atoms with E-state index in [0.29, 0.717) is 12.5 Å². The fourth-order valence-corrected chi connectivity index (χ4v) is 2.67. The van der Waals surface area contributed by atoms with Crippen LogP contribution in [0.25, 0.3) is 0 Å². The molecule has 1 aromatic carbocycles. The van der Waals surface area contributed by atoms with Crippen LogP contribution in [0, 0.1) is 5.92 Å². The molecule has 1 fully saturated rings. The van der Waals surface area contributed by atoms with Gasteiger partial charge in [0, 0.05) is 25.1 Å². The van der Waals surface area contributed by atoms with Crippen molar-refractivity contribution in [2.45, 2.75) is 52.0 Å². The largest absolute Gasteiger partial charge is 0.352 e. The molecule has 2 N–H and O–H groups in total. The molecule has 1 atom stereocenters. The van der Waals surface area contributed by atoms with Crippen LogP contribution >= 0.6 is 0 Å². The fourth-order valence-electron chi connectivity index (χ4n) is 2.67. The molecule has 1 aromatic rings. The Morgan fingerprint density at radius 3 is 2.65 bits per heavy atom. The average Bonchev–Trinajstić information content (AvgIpc) is 2.57. The van der Waals surface area contributed by atoms with Gasteiger partial charge in [-0.3, -0.25) is 9.59 Å². The first-order valence-electron chi connectivity index (χ1n) is 8.28. The second kappa shape index (κ2) is 9.08. The van der Waals surface area contributed by atoms with E-state index in [2.05, 4.69) is 22.8 Å². The van der Waals surface area contributed by atoms with E-state index in [1.165, 1.54) is 6.42 Å². The van der Waals surface area contributed by atoms with Gasteiger partial charge in [-0.05, 0) is 37.2 Å². The Kier molecular flexibility index (Phi) is 6.78. The lowest BCUT2D eigenvalue weighted by Gasteiger charge is -2.18. The Balaban J connectivity index is 1.63. The molecule has 124 valence electrons. The molecule has 1 aliphatic rings. The highest BCUT2D eigenvalue weighted by molar-refractivity contribution is 5.88. The van der Waals surface area contributed by atoms with Gasteiger partial charge in [-0.25, -0.2) is 5.43 Å². The van der Waals surface area contributed by atoms with E-state index in [1.807, 2.05) is 30.3 Å². The lowest BCUT2D eigenvalue weighted by Crippen LogP contribution is -2.26. The molecular weight excluding hydrogens is 290 g/mol. The third kappa shape index (κ3) is 6.63. The number of hydrogen-bond acceptors (Lipinski definition) is 3. The van der Waals surface area contributed by atoms with Crippen LogP contribution in [-0.2, 0) is 16.1 Å². The fraction of sp³-hybridized carbons (Fsp3) is 0.500. The van der Waals surface area contributed by atoms with Crippen molar-refractivity contribution in [2.24, 2.45) is 11.0 Å². The van der Waals surface area contributed by atoms with Crippen LogP contribution in [0.4, 0.5) is 0 Å². The summed E-state index contributed by atoms with van der Waals surface area (Å²) in [4.78, 5) is 23.5. The summed E-state index contributed by atoms with van der Waals surface area (Å²) >= 11 is 0. The van der Waals surface area contributed by atoms with Gasteiger partial charge in [0.1, 0.15) is 0 Å². The Labute approximate surface area is 137 Å². The van der Waals surface area contributed by atoms with Crippen molar-refractivity contribution >= 4 is 17.5 Å². The summed E-state index contributed by atoms with van der Waals surface area (Å²) in [6, 6.07) is 9.70. The van der Waals surface area contributed by atoms with Crippen molar-refractivity contribution in [2.75, 3.05) is 0 Å². The van der Waals surface area contributed by atoms with Crippen LogP contribution in [0.15, 0.2) is 35.4 Å². The molecule has 0 bridgehead atoms. The van der Waals surface area contributed by atoms with Gasteiger partial charge in [0.15, 0.2) is 0 Å². The van der Waals surface area contributed by atoms with Gasteiger partial charge >= 0.3 is 0 Å². The van der Waals surface area contributed by atoms with E-state index >= 15 is 0 Å². The maximum atomic E-state index is 11.7. The number of benzene rings is 1. The SMILES string of the molecule is C[C@H]1CCC/C(=N/NC(=O)CCC(=O)NCc2ccccc2)C1. The van der Waals surface area contributed by atoms with Gasteiger partial charge in [0.25, 0.3) is 0 Å². The molecule has 5 nitrogen and oxygen atoms in total. The van der Waals surface area contributed by atoms with Crippen molar-refractivity contribution in [1.29, 1.82) is 0 Å². The molecule has 0 heterocycles. The van der Waals surface area contributed by atoms with E-state index < -0.39 is 0 Å². The maximum absolute atomic E-state index is 11.7. The Morgan fingerprint density at radius 1 is 1.17 bits per heavy atom. The van der Waals surface area contributed by atoms with Gasteiger partial charge in [-0.1, -0.05) is 37.3 Å². The molecular formula is C18H25N3O2. The Bertz CT molecular complexity index is 555. The lowest BCUT2D eigenvalue weighted by molar-refractivity contribution is -0.126. The maximum Gasteiger partial charge on any atom is 0.240 e. The third-order valence-electron chi connectivity index (χ3n) is 4.00. The summed E-state index contributed by atoms with van der Waals surface area (Å²) in [5.41, 5.74) is 4.68. The van der Waals surface area contributed by atoms with E-state index in [0.717, 1.165) is 30.5 Å². The summed E-state index contributed by atoms with van der Waals surface area (Å²) in [7, 11) is 0. The predicted molar refractivity (Wildman–Crippen MR) is 90.7 cm³/mol. The van der Waals surface area contributed by atoms with Crippen molar-refractivity contribution in [3.05, 3.63) is 35.9 Å². The van der Waals surface area contributed by atoms with E-state index in [1.54, 1.807) is 0 Å². The van der Waals surface area contributed by atoms with E-state index in [9.17, 15) is 9.59 Å². The van der Waals surface area contributed by atoms with Crippen molar-refractivity contribution in [3.63, 3.8) is 0 Å². The van der Waals surface area contributed by atoms with Crippen LogP contribution in [-0.4, -0.2) is 17.5 Å². The Hall–Kier alpha value is -2.17. The molecule has 5 heteroatoms. The minimum Gasteiger partial charge on any atom is -0.352 e. The Morgan fingerprint density at radius 2 is 1.91 bits per heavy atom. The standard InChI is InChI=1S/C18H25N3O2/c1-14-6-5-9-16(12-14)20-21-18(23)11-10-17(22)19-13-15-7-3-2-4-8-15/h2-4,7-8,14H,5-6,9-13H2,1H3,(H,19,22)(H,21,23)/b20-16-/t14-/m0/s1. The highest BCUT2D eigenvalue weighted by Gasteiger charge is 2.14. The minimum atomic E-state index is -0.203. The first-order valence-corrected chi connectivity index (χ1v) is 8.28. The zero-order chi connectivity index (χ0) is 16.5. The summed E-state index contributed by atoms with van der Waals surface area (Å²) in [6.45, 7) is 2.69. The predicted octanol–water partition coefficient (Wildman–Crippen LogP) is 2.77. The first-order chi connectivity index (χ1) is 11.1. The molecule has 23 heavy (non-hydrogen) atoms. The van der Waals surface area contributed by atoms with Crippen LogP contribution in [0.1, 0.15) is 51.0 Å². The molecule has 0 unspecified atom stereocenters. The number of rotatable bonds is 6. The second-order valence-electron chi connectivity index (χ2n) is 6.18. The van der Waals surface area contributed by atoms with E-state index in [-0.39, 0.29) is 24.7 Å². The number of nitrogens with zero attached hydrogens (tertiary/aromatic N) is 1. The molecule has 2 rings (SSSR count). The molecule has 0 aromatic heterocycles. The topological polar surface area (TPSA) is 70.6 Å². The summed E-state index contributed by atoms with van der Waals surface area (Å²) < 4.78 is 0. The van der Waals surface area contributed by atoms with Gasteiger partial charge in [-0.2, -0.15) is 5.10 Å². The van der Waals surface area contributed by atoms with Crippen molar-refractivity contribution in [1.82, 2.24) is 10.7 Å². The second-order valence-corrected chi connectivity index (χ2v) is 6.18. The highest BCUT2D eigenvalue weighted by Crippen LogP contribution is 2.20. The number of hydrazone groups is 1. The van der Waals surface area contributed by atoms with Gasteiger partial charge < -0.3 is 5.32 Å². The van der Waals surface area contributed by atoms with Gasteiger partial charge in [-0.15, -0.1) is 0 Å². The van der Waals surface area contributed by atoms with Gasteiger partial charge in [0.05, 0.1) is 0 Å². The molecule has 2 amide bonds. The molecule has 1 saturated carbocycles. The van der Waals surface area contributed by atoms with Gasteiger partial charge in [0.2, 0.25) is 11.8 Å². The number of carbonyl (C=O) groups excluding carboxylic acids is 2. The molecule has 0 spiro atoms. The molecule has 0 aliphatic heterocycles. The normalized spacial score (nSPS) is 19.3. The smallest absolute Gasteiger partial charge is 0.240 e. The number of hydrogen-bond donors (Lipinski definition) is 2. The summed E-state index contributed by atoms with van der Waals surface area (Å²) in [5, 5.41) is 7.00. The first kappa shape index (κ1) is 17.2. The average molecular weight is 315 g/mol. The van der Waals surface area contributed by atoms with Crippen LogP contribution in [0.3, 0.4) is 0 Å². The zero-order valence-corrected chi connectivity index (χ0v) is 13.7. The van der Waals surface area contributed by atoms with Crippen molar-refractivity contribution < 1.29 is 9.59 Å². The summed E-state index contributed by atoms with van der Waals surface area (Å²) in [5.74, 6) is 0.316. The number of nitrogens with one attached hydrogen (secondary N) is 2. The van der Waals surface area contributed by atoms with E-state index in [4.69, 9.17) is 0 Å². The number of amides is 2. The van der Waals surface area contributed by atoms with Crippen LogP contribution in [0.5, 0.6) is 0 Å². The third-order valence-corrected chi connectivity index (χ3v) is 4.00. The minimum absolute atomic E-state index is 0.122. The summed E-state index contributed by atoms with van der Waals surface area (Å²) in [6.07, 6.45) is 4.62. The molecule has 0 saturated heterocycles. The highest BCUT2D eigenvalue weighted by atomic mass is 16.2. The zero-order valence-electron chi connectivity index (χ0n) is 13.7. The lowest BCUT2D eigenvalue weighted by atomic mass is 9.89. The monoisotopic (exact) mass is 315 g/mol.